The second-order valence-electron chi connectivity index (χ2n) is 5.00. The number of aliphatic hydroxyl groups excluding tert-OH is 1. The number of rotatable bonds is 4. The summed E-state index contributed by atoms with van der Waals surface area (Å²) in [6, 6.07) is 14.9. The number of hydrogen-bond acceptors (Lipinski definition) is 2. The molecule has 0 aliphatic rings. The minimum atomic E-state index is 0.143. The van der Waals surface area contributed by atoms with Gasteiger partial charge in [-0.25, -0.2) is 0 Å². The van der Waals surface area contributed by atoms with Gasteiger partial charge in [-0.3, -0.25) is 0 Å². The van der Waals surface area contributed by atoms with Crippen LogP contribution in [0.5, 0.6) is 0 Å². The highest BCUT2D eigenvalue weighted by Crippen LogP contribution is 2.28. The quantitative estimate of drug-likeness (QED) is 0.768. The average molecular weight is 266 g/mol. The number of furan rings is 1. The van der Waals surface area contributed by atoms with E-state index in [-0.39, 0.29) is 6.61 Å². The largest absolute Gasteiger partial charge is 0.464 e. The predicted octanol–water partition coefficient (Wildman–Crippen LogP) is 4.20. The smallest absolute Gasteiger partial charge is 0.134 e. The minimum Gasteiger partial charge on any atom is -0.464 e. The van der Waals surface area contributed by atoms with Gasteiger partial charge in [-0.05, 0) is 41.7 Å². The molecule has 2 heteroatoms. The zero-order valence-corrected chi connectivity index (χ0v) is 11.6. The van der Waals surface area contributed by atoms with Gasteiger partial charge in [0.1, 0.15) is 5.58 Å². The molecule has 0 aliphatic carbocycles. The maximum atomic E-state index is 9.10. The summed E-state index contributed by atoms with van der Waals surface area (Å²) >= 11 is 0. The number of aryl methyl sites for hydroxylation is 1. The average Bonchev–Trinajstić information content (AvgIpc) is 2.90. The highest BCUT2D eigenvalue weighted by atomic mass is 16.3. The fourth-order valence-corrected chi connectivity index (χ4v) is 2.51. The monoisotopic (exact) mass is 266 g/mol. The molecule has 102 valence electrons. The third-order valence-corrected chi connectivity index (χ3v) is 3.73. The Kier molecular flexibility index (Phi) is 3.57. The first-order valence-corrected chi connectivity index (χ1v) is 7.02. The Balaban J connectivity index is 2.04. The van der Waals surface area contributed by atoms with Gasteiger partial charge in [-0.2, -0.15) is 0 Å². The Morgan fingerprint density at radius 1 is 1.00 bits per heavy atom. The van der Waals surface area contributed by atoms with Crippen molar-refractivity contribution in [3.63, 3.8) is 0 Å². The predicted molar refractivity (Wildman–Crippen MR) is 81.8 cm³/mol. The molecule has 0 saturated heterocycles. The Bertz CT molecular complexity index is 708. The third kappa shape index (κ3) is 2.35. The number of fused-ring (bicyclic) bond motifs is 1. The van der Waals surface area contributed by atoms with Crippen molar-refractivity contribution in [3.8, 4) is 11.1 Å². The highest BCUT2D eigenvalue weighted by molar-refractivity contribution is 5.86. The van der Waals surface area contributed by atoms with Gasteiger partial charge < -0.3 is 9.52 Å². The molecule has 1 N–H and O–H groups in total. The molecule has 3 rings (SSSR count). The van der Waals surface area contributed by atoms with Crippen LogP contribution in [0, 0.1) is 0 Å². The highest BCUT2D eigenvalue weighted by Gasteiger charge is 2.07. The van der Waals surface area contributed by atoms with E-state index >= 15 is 0 Å². The summed E-state index contributed by atoms with van der Waals surface area (Å²) in [4.78, 5) is 0. The van der Waals surface area contributed by atoms with Crippen molar-refractivity contribution in [1.29, 1.82) is 0 Å². The lowest BCUT2D eigenvalue weighted by molar-refractivity contribution is 0.299. The number of benzene rings is 2. The summed E-state index contributed by atoms with van der Waals surface area (Å²) in [5, 5.41) is 10.2. The summed E-state index contributed by atoms with van der Waals surface area (Å²) in [5.41, 5.74) is 5.68. The van der Waals surface area contributed by atoms with E-state index in [0.29, 0.717) is 6.42 Å². The SMILES string of the molecule is CCc1ccc(-c2ccc3occ(CCO)c3c2)cc1. The molecule has 0 atom stereocenters. The lowest BCUT2D eigenvalue weighted by Gasteiger charge is -2.04. The molecule has 0 bridgehead atoms. The molecule has 0 unspecified atom stereocenters. The summed E-state index contributed by atoms with van der Waals surface area (Å²) in [7, 11) is 0. The van der Waals surface area contributed by atoms with Crippen LogP contribution < -0.4 is 0 Å². The molecule has 1 heterocycles. The first-order valence-electron chi connectivity index (χ1n) is 7.02. The van der Waals surface area contributed by atoms with Crippen LogP contribution in [-0.2, 0) is 12.8 Å². The van der Waals surface area contributed by atoms with Gasteiger partial charge in [0.2, 0.25) is 0 Å². The van der Waals surface area contributed by atoms with Crippen LogP contribution in [0.2, 0.25) is 0 Å². The Hall–Kier alpha value is -2.06. The van der Waals surface area contributed by atoms with Crippen LogP contribution in [0.3, 0.4) is 0 Å². The summed E-state index contributed by atoms with van der Waals surface area (Å²) in [6.07, 6.45) is 3.43. The van der Waals surface area contributed by atoms with Gasteiger partial charge in [0.15, 0.2) is 0 Å². The normalized spacial score (nSPS) is 11.1. The van der Waals surface area contributed by atoms with E-state index in [0.717, 1.165) is 23.0 Å². The van der Waals surface area contributed by atoms with Crippen molar-refractivity contribution >= 4 is 11.0 Å². The van der Waals surface area contributed by atoms with Gasteiger partial charge in [0, 0.05) is 17.6 Å². The Labute approximate surface area is 118 Å². The standard InChI is InChI=1S/C18H18O2/c1-2-13-3-5-14(6-4-13)15-7-8-18-17(11-15)16(9-10-19)12-20-18/h3-8,11-12,19H,2,9-10H2,1H3. The fraction of sp³-hybridized carbons (Fsp3) is 0.222. The maximum absolute atomic E-state index is 9.10. The molecule has 0 spiro atoms. The number of aliphatic hydroxyl groups is 1. The van der Waals surface area contributed by atoms with Crippen molar-refractivity contribution in [2.45, 2.75) is 19.8 Å². The summed E-state index contributed by atoms with van der Waals surface area (Å²) < 4.78 is 5.52. The second kappa shape index (κ2) is 5.51. The first-order chi connectivity index (χ1) is 9.81. The van der Waals surface area contributed by atoms with Crippen LogP contribution in [0.25, 0.3) is 22.1 Å². The van der Waals surface area contributed by atoms with Gasteiger partial charge in [-0.15, -0.1) is 0 Å². The molecule has 0 amide bonds. The third-order valence-electron chi connectivity index (χ3n) is 3.73. The van der Waals surface area contributed by atoms with E-state index < -0.39 is 0 Å². The van der Waals surface area contributed by atoms with Crippen LogP contribution in [-0.4, -0.2) is 11.7 Å². The zero-order chi connectivity index (χ0) is 13.9. The molecule has 0 fully saturated rings. The molecule has 0 radical (unpaired) electrons. The van der Waals surface area contributed by atoms with Gasteiger partial charge >= 0.3 is 0 Å². The second-order valence-corrected chi connectivity index (χ2v) is 5.00. The lowest BCUT2D eigenvalue weighted by atomic mass is 10.0. The molecule has 20 heavy (non-hydrogen) atoms. The Morgan fingerprint density at radius 2 is 1.75 bits per heavy atom. The van der Waals surface area contributed by atoms with E-state index in [9.17, 15) is 0 Å². The molecule has 2 aromatic carbocycles. The molecule has 2 nitrogen and oxygen atoms in total. The van der Waals surface area contributed by atoms with E-state index in [1.54, 1.807) is 6.26 Å². The maximum Gasteiger partial charge on any atom is 0.134 e. The van der Waals surface area contributed by atoms with Crippen LogP contribution in [0.4, 0.5) is 0 Å². The number of hydrogen-bond donors (Lipinski definition) is 1. The van der Waals surface area contributed by atoms with Crippen molar-refractivity contribution in [2.75, 3.05) is 6.61 Å². The molecule has 1 aromatic heterocycles. The van der Waals surface area contributed by atoms with E-state index in [4.69, 9.17) is 9.52 Å². The first kappa shape index (κ1) is 12.9. The van der Waals surface area contributed by atoms with E-state index in [2.05, 4.69) is 43.3 Å². The molecule has 0 aliphatic heterocycles. The van der Waals surface area contributed by atoms with Crippen molar-refractivity contribution in [3.05, 3.63) is 59.9 Å². The molecule has 3 aromatic rings. The molecule has 0 saturated carbocycles. The van der Waals surface area contributed by atoms with Gasteiger partial charge in [0.05, 0.1) is 6.26 Å². The molecular formula is C18H18O2. The van der Waals surface area contributed by atoms with Crippen molar-refractivity contribution in [1.82, 2.24) is 0 Å². The van der Waals surface area contributed by atoms with Crippen LogP contribution in [0.1, 0.15) is 18.1 Å². The summed E-state index contributed by atoms with van der Waals surface area (Å²) in [6.45, 7) is 2.30. The van der Waals surface area contributed by atoms with Crippen molar-refractivity contribution < 1.29 is 9.52 Å². The van der Waals surface area contributed by atoms with Gasteiger partial charge in [-0.1, -0.05) is 37.3 Å². The minimum absolute atomic E-state index is 0.143. The van der Waals surface area contributed by atoms with E-state index in [1.165, 1.54) is 16.7 Å². The van der Waals surface area contributed by atoms with Gasteiger partial charge in [0.25, 0.3) is 0 Å². The lowest BCUT2D eigenvalue weighted by Crippen LogP contribution is -1.88. The zero-order valence-electron chi connectivity index (χ0n) is 11.6. The topological polar surface area (TPSA) is 33.4 Å². The van der Waals surface area contributed by atoms with Crippen LogP contribution in [0.15, 0.2) is 53.1 Å². The van der Waals surface area contributed by atoms with Crippen molar-refractivity contribution in [2.24, 2.45) is 0 Å². The van der Waals surface area contributed by atoms with Crippen LogP contribution >= 0.6 is 0 Å². The fourth-order valence-electron chi connectivity index (χ4n) is 2.51. The molecular weight excluding hydrogens is 248 g/mol. The Morgan fingerprint density at radius 3 is 2.45 bits per heavy atom. The summed E-state index contributed by atoms with van der Waals surface area (Å²) in [5.74, 6) is 0. The van der Waals surface area contributed by atoms with E-state index in [1.807, 2.05) is 6.07 Å².